The van der Waals surface area contributed by atoms with Crippen LogP contribution in [0.15, 0.2) is 115 Å². The highest BCUT2D eigenvalue weighted by Gasteiger charge is 2.70. The normalized spacial score (nSPS) is 22.3. The quantitative estimate of drug-likeness (QED) is 0.119. The summed E-state index contributed by atoms with van der Waals surface area (Å²) in [7, 11) is 4.12. The number of ether oxygens (including phenoxy) is 3. The van der Waals surface area contributed by atoms with Crippen LogP contribution in [0.5, 0.6) is 11.5 Å². The van der Waals surface area contributed by atoms with Gasteiger partial charge >= 0.3 is 6.03 Å². The Balaban J connectivity index is 1.00. The summed E-state index contributed by atoms with van der Waals surface area (Å²) in [6, 6.07) is 38.9. The van der Waals surface area contributed by atoms with E-state index in [2.05, 4.69) is 102 Å². The predicted molar refractivity (Wildman–Crippen MR) is 221 cm³/mol. The first-order chi connectivity index (χ1) is 27.9. The Morgan fingerprint density at radius 2 is 1.39 bits per heavy atom. The number of likely N-dealkylation sites (tertiary alicyclic amines) is 1. The zero-order chi connectivity index (χ0) is 38.9. The summed E-state index contributed by atoms with van der Waals surface area (Å²) in [6.45, 7) is 6.64. The topological polar surface area (TPSA) is 78.0 Å². The van der Waals surface area contributed by atoms with E-state index in [0.29, 0.717) is 70.7 Å². The third-order valence-corrected chi connectivity index (χ3v) is 12.3. The first-order valence-electron chi connectivity index (χ1n) is 20.2. The second-order valence-electron chi connectivity index (χ2n) is 16.0. The van der Waals surface area contributed by atoms with Crippen molar-refractivity contribution < 1.29 is 23.8 Å². The second kappa shape index (κ2) is 15.8. The number of fused-ring (bicyclic) bond motifs is 1. The van der Waals surface area contributed by atoms with Gasteiger partial charge in [0.1, 0.15) is 18.8 Å². The predicted octanol–water partition coefficient (Wildman–Crippen LogP) is 6.98. The van der Waals surface area contributed by atoms with Crippen LogP contribution in [-0.2, 0) is 29.3 Å². The van der Waals surface area contributed by atoms with Crippen LogP contribution < -0.4 is 14.4 Å². The number of anilines is 1. The molecular weight excluding hydrogens is 715 g/mol. The molecule has 0 aromatic heterocycles. The molecule has 10 nitrogen and oxygen atoms in total. The maximum absolute atomic E-state index is 14.9. The molecule has 0 N–H and O–H groups in total. The minimum atomic E-state index is -0.931. The monoisotopic (exact) mass is 765 g/mol. The third-order valence-electron chi connectivity index (χ3n) is 12.3. The number of carbonyl (C=O) groups excluding carboxylic acids is 2. The van der Waals surface area contributed by atoms with E-state index in [9.17, 15) is 9.59 Å². The van der Waals surface area contributed by atoms with E-state index in [0.717, 1.165) is 58.2 Å². The number of carbonyl (C=O) groups is 2. The van der Waals surface area contributed by atoms with Crippen LogP contribution in [0.2, 0.25) is 0 Å². The summed E-state index contributed by atoms with van der Waals surface area (Å²) in [6.07, 6.45) is 0.730. The number of hydrogen-bond donors (Lipinski definition) is 0. The Morgan fingerprint density at radius 1 is 0.719 bits per heavy atom. The molecule has 5 aromatic rings. The maximum Gasteiger partial charge on any atom is 0.328 e. The zero-order valence-corrected chi connectivity index (χ0v) is 32.9. The maximum atomic E-state index is 14.9. The van der Waals surface area contributed by atoms with Gasteiger partial charge in [-0.3, -0.25) is 19.5 Å². The van der Waals surface area contributed by atoms with Gasteiger partial charge in [0.05, 0.1) is 19.3 Å². The van der Waals surface area contributed by atoms with Gasteiger partial charge in [0, 0.05) is 76.9 Å². The largest absolute Gasteiger partial charge is 0.485 e. The van der Waals surface area contributed by atoms with E-state index < -0.39 is 5.54 Å². The molecule has 0 radical (unpaired) electrons. The SMILES string of the molecule is CN(C)c1ccc([C@@H]2C[C@@H]3CN(Cc4ccc(OCc5ccccc5)c(OCc5ccccc5)c4)CC34C(=O)N(CCN3CCOCC3)C(=O)N24)c2ccccc12. The van der Waals surface area contributed by atoms with Gasteiger partial charge in [-0.25, -0.2) is 4.79 Å². The van der Waals surface area contributed by atoms with E-state index in [1.165, 1.54) is 0 Å². The summed E-state index contributed by atoms with van der Waals surface area (Å²) in [5.41, 5.74) is 4.53. The molecule has 0 bridgehead atoms. The van der Waals surface area contributed by atoms with Crippen molar-refractivity contribution in [3.8, 4) is 11.5 Å². The molecule has 0 saturated carbocycles. The van der Waals surface area contributed by atoms with Crippen molar-refractivity contribution in [2.24, 2.45) is 5.92 Å². The van der Waals surface area contributed by atoms with Crippen LogP contribution >= 0.6 is 0 Å². The van der Waals surface area contributed by atoms with Gasteiger partial charge in [-0.2, -0.15) is 0 Å². The fourth-order valence-electron chi connectivity index (χ4n) is 9.54. The Labute approximate surface area is 335 Å². The van der Waals surface area contributed by atoms with Gasteiger partial charge in [0.25, 0.3) is 5.91 Å². The number of rotatable bonds is 13. The van der Waals surface area contributed by atoms with Gasteiger partial charge in [0.15, 0.2) is 11.5 Å². The Morgan fingerprint density at radius 3 is 2.09 bits per heavy atom. The molecule has 4 aliphatic rings. The van der Waals surface area contributed by atoms with E-state index in [-0.39, 0.29) is 23.9 Å². The molecule has 4 heterocycles. The van der Waals surface area contributed by atoms with Gasteiger partial charge in [-0.1, -0.05) is 97.1 Å². The first-order valence-corrected chi connectivity index (χ1v) is 20.2. The second-order valence-corrected chi connectivity index (χ2v) is 16.0. The highest BCUT2D eigenvalue weighted by atomic mass is 16.5. The summed E-state index contributed by atoms with van der Waals surface area (Å²) in [5.74, 6) is 1.30. The van der Waals surface area contributed by atoms with Crippen molar-refractivity contribution in [3.05, 3.63) is 138 Å². The van der Waals surface area contributed by atoms with Crippen LogP contribution in [0.25, 0.3) is 10.8 Å². The highest BCUT2D eigenvalue weighted by Crippen LogP contribution is 2.56. The molecule has 4 saturated heterocycles. The molecule has 1 unspecified atom stereocenters. The minimum Gasteiger partial charge on any atom is -0.485 e. The first kappa shape index (κ1) is 37.2. The van der Waals surface area contributed by atoms with Crippen molar-refractivity contribution in [1.29, 1.82) is 0 Å². The van der Waals surface area contributed by atoms with Crippen molar-refractivity contribution in [2.75, 3.05) is 71.5 Å². The van der Waals surface area contributed by atoms with E-state index in [1.807, 2.05) is 47.4 Å². The molecule has 9 rings (SSSR count). The average molecular weight is 766 g/mol. The minimum absolute atomic E-state index is 0.0121. The van der Waals surface area contributed by atoms with Crippen LogP contribution in [-0.4, -0.2) is 104 Å². The van der Waals surface area contributed by atoms with Gasteiger partial charge in [-0.15, -0.1) is 0 Å². The van der Waals surface area contributed by atoms with E-state index in [4.69, 9.17) is 14.2 Å². The van der Waals surface area contributed by atoms with Gasteiger partial charge < -0.3 is 24.0 Å². The fourth-order valence-corrected chi connectivity index (χ4v) is 9.54. The number of amides is 3. The van der Waals surface area contributed by atoms with Gasteiger partial charge in [-0.05, 0) is 52.3 Å². The van der Waals surface area contributed by atoms with E-state index >= 15 is 0 Å². The third kappa shape index (κ3) is 7.11. The van der Waals surface area contributed by atoms with Crippen molar-refractivity contribution in [2.45, 2.75) is 37.8 Å². The summed E-state index contributed by atoms with van der Waals surface area (Å²) >= 11 is 0. The highest BCUT2D eigenvalue weighted by molar-refractivity contribution is 6.09. The molecular formula is C47H51N5O5. The molecule has 294 valence electrons. The summed E-state index contributed by atoms with van der Waals surface area (Å²) in [5, 5.41) is 2.28. The number of urea groups is 1. The average Bonchev–Trinajstić information content (AvgIpc) is 3.82. The number of benzene rings is 5. The van der Waals surface area contributed by atoms with Crippen molar-refractivity contribution in [1.82, 2.24) is 19.6 Å². The molecule has 10 heteroatoms. The summed E-state index contributed by atoms with van der Waals surface area (Å²) in [4.78, 5) is 40.0. The lowest BCUT2D eigenvalue weighted by Gasteiger charge is -2.33. The Hall–Kier alpha value is -5.42. The lowest BCUT2D eigenvalue weighted by molar-refractivity contribution is -0.133. The van der Waals surface area contributed by atoms with Crippen LogP contribution in [0.3, 0.4) is 0 Å². The van der Waals surface area contributed by atoms with Crippen LogP contribution in [0.1, 0.15) is 34.7 Å². The Kier molecular flexibility index (Phi) is 10.3. The summed E-state index contributed by atoms with van der Waals surface area (Å²) < 4.78 is 18.3. The number of nitrogens with zero attached hydrogens (tertiary/aromatic N) is 5. The van der Waals surface area contributed by atoms with Crippen molar-refractivity contribution in [3.63, 3.8) is 0 Å². The zero-order valence-electron chi connectivity index (χ0n) is 32.9. The molecule has 57 heavy (non-hydrogen) atoms. The molecule has 3 atom stereocenters. The molecule has 3 amide bonds. The number of hydrogen-bond acceptors (Lipinski definition) is 8. The van der Waals surface area contributed by atoms with Crippen LogP contribution in [0, 0.1) is 5.92 Å². The smallest absolute Gasteiger partial charge is 0.328 e. The lowest BCUT2D eigenvalue weighted by atomic mass is 9.87. The molecule has 1 spiro atoms. The number of morpholine rings is 1. The molecule has 4 aliphatic heterocycles. The molecule has 5 aromatic carbocycles. The lowest BCUT2D eigenvalue weighted by Crippen LogP contribution is -2.51. The fraction of sp³-hybridized carbons (Fsp3) is 0.362. The number of imide groups is 1. The molecule has 4 fully saturated rings. The van der Waals surface area contributed by atoms with Gasteiger partial charge in [0.2, 0.25) is 0 Å². The standard InChI is InChI=1S/C47H51N5O5/c1-48(2)41-19-18-40(38-15-9-10-16-39(38)41)42-28-37-30-50(33-47(37)45(53)51(46(54)52(42)47)22-21-49-23-25-55-26-24-49)29-36-17-20-43(56-31-34-11-5-3-6-12-34)44(27-36)57-32-35-13-7-4-8-14-35/h3-20,27,37,42H,21-26,28-33H2,1-2H3/t37-,42+,47?/m1/s1. The van der Waals surface area contributed by atoms with Crippen LogP contribution in [0.4, 0.5) is 10.5 Å². The van der Waals surface area contributed by atoms with E-state index in [1.54, 1.807) is 4.90 Å². The Bertz CT molecular complexity index is 2230. The molecule has 0 aliphatic carbocycles. The van der Waals surface area contributed by atoms with Crippen molar-refractivity contribution >= 4 is 28.4 Å².